The van der Waals surface area contributed by atoms with E-state index in [0.29, 0.717) is 26.1 Å². The summed E-state index contributed by atoms with van der Waals surface area (Å²) in [7, 11) is 0. The van der Waals surface area contributed by atoms with Gasteiger partial charge in [0, 0.05) is 32.6 Å². The second kappa shape index (κ2) is 8.12. The molecule has 29 heavy (non-hydrogen) atoms. The van der Waals surface area contributed by atoms with E-state index >= 15 is 0 Å². The van der Waals surface area contributed by atoms with Crippen molar-refractivity contribution in [3.05, 3.63) is 35.4 Å². The maximum Gasteiger partial charge on any atom is 0.290 e. The van der Waals surface area contributed by atoms with E-state index in [-0.39, 0.29) is 24.3 Å². The molecule has 0 radical (unpaired) electrons. The van der Waals surface area contributed by atoms with E-state index in [1.165, 1.54) is 11.1 Å². The van der Waals surface area contributed by atoms with Crippen LogP contribution in [0.5, 0.6) is 0 Å². The number of hydrogen-bond donors (Lipinski definition) is 1. The van der Waals surface area contributed by atoms with Crippen molar-refractivity contribution in [1.82, 2.24) is 14.7 Å². The van der Waals surface area contributed by atoms with Crippen LogP contribution in [0.4, 0.5) is 0 Å². The molecular weight excluding hydrogens is 374 g/mol. The second-order valence-corrected chi connectivity index (χ2v) is 7.98. The lowest BCUT2D eigenvalue weighted by molar-refractivity contribution is -0.181. The molecule has 4 heterocycles. The number of ether oxygens (including phenoxy) is 1. The zero-order valence-corrected chi connectivity index (χ0v) is 16.5. The number of carbonyl (C=O) groups is 3. The maximum absolute atomic E-state index is 13.0. The minimum atomic E-state index is -0.542. The van der Waals surface area contributed by atoms with Crippen LogP contribution < -0.4 is 0 Å². The van der Waals surface area contributed by atoms with Crippen LogP contribution in [0.1, 0.15) is 30.4 Å². The molecule has 0 saturated carbocycles. The van der Waals surface area contributed by atoms with E-state index in [1.807, 2.05) is 9.80 Å². The first-order chi connectivity index (χ1) is 14.1. The maximum atomic E-state index is 13.0. The Bertz CT molecular complexity index is 800. The zero-order chi connectivity index (χ0) is 20.4. The fraction of sp³-hybridized carbons (Fsp3) is 0.571. The van der Waals surface area contributed by atoms with Gasteiger partial charge in [0.25, 0.3) is 6.47 Å². The average molecular weight is 401 g/mol. The Morgan fingerprint density at radius 2 is 2.00 bits per heavy atom. The molecule has 8 heteroatoms. The summed E-state index contributed by atoms with van der Waals surface area (Å²) in [5, 5.41) is 6.89. The number of amides is 2. The number of rotatable bonds is 2. The van der Waals surface area contributed by atoms with Crippen LogP contribution in [0, 0.1) is 0 Å². The molecule has 0 aliphatic carbocycles. The van der Waals surface area contributed by atoms with Gasteiger partial charge in [-0.05, 0) is 24.0 Å². The lowest BCUT2D eigenvalue weighted by Crippen LogP contribution is -2.57. The van der Waals surface area contributed by atoms with E-state index in [9.17, 15) is 9.59 Å². The SMILES string of the molecule is O=C(CN1CCc2ccccc2C1)N1CC[C@@]23OCCCN2C(=O)C[C@@H]13.O=CO. The number of carbonyl (C=O) groups excluding carboxylic acids is 2. The van der Waals surface area contributed by atoms with Gasteiger partial charge in [-0.1, -0.05) is 24.3 Å². The largest absolute Gasteiger partial charge is 0.483 e. The van der Waals surface area contributed by atoms with Crippen molar-refractivity contribution in [1.29, 1.82) is 0 Å². The molecule has 5 rings (SSSR count). The monoisotopic (exact) mass is 401 g/mol. The zero-order valence-electron chi connectivity index (χ0n) is 16.5. The number of hydrogen-bond acceptors (Lipinski definition) is 5. The lowest BCUT2D eigenvalue weighted by Gasteiger charge is -2.42. The quantitative estimate of drug-likeness (QED) is 0.734. The third-order valence-electron chi connectivity index (χ3n) is 6.50. The van der Waals surface area contributed by atoms with Crippen molar-refractivity contribution in [2.24, 2.45) is 0 Å². The highest BCUT2D eigenvalue weighted by Crippen LogP contribution is 2.44. The van der Waals surface area contributed by atoms with Gasteiger partial charge in [-0.3, -0.25) is 19.3 Å². The van der Waals surface area contributed by atoms with Gasteiger partial charge in [0.05, 0.1) is 25.6 Å². The summed E-state index contributed by atoms with van der Waals surface area (Å²) in [5.41, 5.74) is 2.17. The van der Waals surface area contributed by atoms with Gasteiger partial charge in [0.1, 0.15) is 0 Å². The van der Waals surface area contributed by atoms with Crippen molar-refractivity contribution in [2.45, 2.75) is 44.0 Å². The Labute approximate surface area is 170 Å². The molecule has 4 aliphatic rings. The molecule has 1 N–H and O–H groups in total. The molecule has 0 unspecified atom stereocenters. The van der Waals surface area contributed by atoms with Gasteiger partial charge < -0.3 is 19.6 Å². The molecule has 3 fully saturated rings. The van der Waals surface area contributed by atoms with Crippen molar-refractivity contribution >= 4 is 18.3 Å². The Hall–Kier alpha value is -2.45. The Morgan fingerprint density at radius 1 is 1.24 bits per heavy atom. The number of carboxylic acid groups (broad SMARTS) is 1. The van der Waals surface area contributed by atoms with Crippen LogP contribution in [0.2, 0.25) is 0 Å². The summed E-state index contributed by atoms with van der Waals surface area (Å²) in [6, 6.07) is 8.36. The normalized spacial score (nSPS) is 28.1. The molecule has 3 saturated heterocycles. The summed E-state index contributed by atoms with van der Waals surface area (Å²) in [4.78, 5) is 39.9. The minimum absolute atomic E-state index is 0.111. The Morgan fingerprint density at radius 3 is 2.79 bits per heavy atom. The second-order valence-electron chi connectivity index (χ2n) is 7.98. The van der Waals surface area contributed by atoms with Gasteiger partial charge >= 0.3 is 0 Å². The van der Waals surface area contributed by atoms with E-state index in [2.05, 4.69) is 29.2 Å². The topological polar surface area (TPSA) is 90.4 Å². The average Bonchev–Trinajstić information content (AvgIpc) is 3.20. The molecule has 1 aromatic rings. The van der Waals surface area contributed by atoms with Gasteiger partial charge in [-0.2, -0.15) is 0 Å². The summed E-state index contributed by atoms with van der Waals surface area (Å²) in [6.45, 7) is 4.05. The molecule has 0 bridgehead atoms. The molecule has 1 aromatic carbocycles. The lowest BCUT2D eigenvalue weighted by atomic mass is 10.00. The third kappa shape index (κ3) is 3.51. The van der Waals surface area contributed by atoms with E-state index < -0.39 is 5.72 Å². The Balaban J connectivity index is 0.000000645. The fourth-order valence-electron chi connectivity index (χ4n) is 5.22. The van der Waals surface area contributed by atoms with Crippen molar-refractivity contribution in [3.8, 4) is 0 Å². The molecule has 156 valence electrons. The molecule has 2 atom stereocenters. The summed E-state index contributed by atoms with van der Waals surface area (Å²) in [6.07, 6.45) is 3.04. The van der Waals surface area contributed by atoms with Gasteiger partial charge in [-0.15, -0.1) is 0 Å². The van der Waals surface area contributed by atoms with Crippen molar-refractivity contribution in [3.63, 3.8) is 0 Å². The van der Waals surface area contributed by atoms with Crippen LogP contribution in [0.15, 0.2) is 24.3 Å². The molecule has 1 spiro atoms. The fourth-order valence-corrected chi connectivity index (χ4v) is 5.22. The molecule has 2 amide bonds. The van der Waals surface area contributed by atoms with Gasteiger partial charge in [-0.25, -0.2) is 0 Å². The van der Waals surface area contributed by atoms with E-state index in [0.717, 1.165) is 38.9 Å². The number of nitrogens with zero attached hydrogens (tertiary/aromatic N) is 3. The summed E-state index contributed by atoms with van der Waals surface area (Å²) >= 11 is 0. The number of likely N-dealkylation sites (tertiary alicyclic amines) is 1. The van der Waals surface area contributed by atoms with Crippen LogP contribution in [-0.4, -0.2) is 82.6 Å². The predicted molar refractivity (Wildman–Crippen MR) is 104 cm³/mol. The van der Waals surface area contributed by atoms with Crippen molar-refractivity contribution < 1.29 is 24.2 Å². The first kappa shape index (κ1) is 19.8. The first-order valence-corrected chi connectivity index (χ1v) is 10.2. The highest BCUT2D eigenvalue weighted by molar-refractivity contribution is 5.85. The van der Waals surface area contributed by atoms with Crippen LogP contribution in [0.25, 0.3) is 0 Å². The summed E-state index contributed by atoms with van der Waals surface area (Å²) < 4.78 is 6.10. The number of benzene rings is 1. The highest BCUT2D eigenvalue weighted by atomic mass is 16.5. The van der Waals surface area contributed by atoms with Crippen LogP contribution >= 0.6 is 0 Å². The predicted octanol–water partition coefficient (Wildman–Crippen LogP) is 0.695. The smallest absolute Gasteiger partial charge is 0.290 e. The minimum Gasteiger partial charge on any atom is -0.483 e. The van der Waals surface area contributed by atoms with Gasteiger partial charge in [0.2, 0.25) is 11.8 Å². The van der Waals surface area contributed by atoms with Crippen molar-refractivity contribution in [2.75, 3.05) is 32.8 Å². The highest BCUT2D eigenvalue weighted by Gasteiger charge is 2.61. The van der Waals surface area contributed by atoms with E-state index in [4.69, 9.17) is 14.6 Å². The van der Waals surface area contributed by atoms with Crippen LogP contribution in [-0.2, 0) is 32.1 Å². The first-order valence-electron chi connectivity index (χ1n) is 10.2. The van der Waals surface area contributed by atoms with E-state index in [1.54, 1.807) is 0 Å². The molecular formula is C21H27N3O5. The molecule has 8 nitrogen and oxygen atoms in total. The van der Waals surface area contributed by atoms with Gasteiger partial charge in [0.15, 0.2) is 5.72 Å². The number of fused-ring (bicyclic) bond motifs is 1. The summed E-state index contributed by atoms with van der Waals surface area (Å²) in [5.74, 6) is 0.272. The molecule has 0 aromatic heterocycles. The third-order valence-corrected chi connectivity index (χ3v) is 6.50. The Kier molecular flexibility index (Phi) is 5.56. The molecule has 4 aliphatic heterocycles. The standard InChI is InChI=1S/C20H25N3O3.CH2O2/c24-18-12-17-20(23(18)8-3-11-26-20)7-10-22(17)19(25)14-21-9-6-15-4-1-2-5-16(15)13-21;2-1-3/h1-2,4-5,17H,3,6-14H2;1H,(H,2,3)/t17-,20+;/m1./s1. The van der Waals surface area contributed by atoms with Crippen LogP contribution in [0.3, 0.4) is 0 Å².